The summed E-state index contributed by atoms with van der Waals surface area (Å²) in [6.07, 6.45) is 0.851. The number of para-hydroxylation sites is 1. The number of fused-ring (bicyclic) bond motifs is 1. The fraction of sp³-hybridized carbons (Fsp3) is 0.238. The number of carbonyl (C=O) groups excluding carboxylic acids is 1. The van der Waals surface area contributed by atoms with E-state index < -0.39 is 0 Å². The van der Waals surface area contributed by atoms with Crippen molar-refractivity contribution in [2.24, 2.45) is 0 Å². The van der Waals surface area contributed by atoms with E-state index in [1.54, 1.807) is 14.0 Å². The molecule has 26 heavy (non-hydrogen) atoms. The monoisotopic (exact) mass is 348 g/mol. The van der Waals surface area contributed by atoms with Crippen LogP contribution < -0.4 is 9.64 Å². The molecule has 1 amide bonds. The third kappa shape index (κ3) is 2.65. The number of oxazole rings is 1. The SMILES string of the molecule is COc1ccc(-c2nc(C(=O)N3c4ccccc4CC3C)c(C)o2)cc1. The van der Waals surface area contributed by atoms with Crippen LogP contribution in [0.4, 0.5) is 5.69 Å². The van der Waals surface area contributed by atoms with Crippen LogP contribution in [0, 0.1) is 6.92 Å². The second kappa shape index (κ2) is 6.33. The van der Waals surface area contributed by atoms with E-state index in [2.05, 4.69) is 18.0 Å². The molecule has 2 aromatic carbocycles. The molecule has 1 aromatic heterocycles. The molecule has 3 aromatic rings. The van der Waals surface area contributed by atoms with E-state index in [0.717, 1.165) is 23.4 Å². The number of nitrogens with zero attached hydrogens (tertiary/aromatic N) is 2. The van der Waals surface area contributed by atoms with Crippen molar-refractivity contribution in [1.82, 2.24) is 4.98 Å². The van der Waals surface area contributed by atoms with Gasteiger partial charge in [-0.3, -0.25) is 4.79 Å². The Balaban J connectivity index is 1.68. The van der Waals surface area contributed by atoms with Gasteiger partial charge in [0.25, 0.3) is 5.91 Å². The molecule has 0 fully saturated rings. The van der Waals surface area contributed by atoms with Gasteiger partial charge in [0.15, 0.2) is 5.69 Å². The zero-order valence-electron chi connectivity index (χ0n) is 15.0. The maximum absolute atomic E-state index is 13.2. The summed E-state index contributed by atoms with van der Waals surface area (Å²) in [4.78, 5) is 19.5. The van der Waals surface area contributed by atoms with E-state index in [0.29, 0.717) is 17.3 Å². The van der Waals surface area contributed by atoms with E-state index in [1.807, 2.05) is 47.4 Å². The van der Waals surface area contributed by atoms with Gasteiger partial charge in [-0.2, -0.15) is 0 Å². The Morgan fingerprint density at radius 1 is 1.19 bits per heavy atom. The van der Waals surface area contributed by atoms with Crippen LogP contribution in [-0.2, 0) is 6.42 Å². The highest BCUT2D eigenvalue weighted by Gasteiger charge is 2.33. The fourth-order valence-electron chi connectivity index (χ4n) is 3.44. The van der Waals surface area contributed by atoms with E-state index >= 15 is 0 Å². The Bertz CT molecular complexity index is 960. The molecule has 1 aliphatic heterocycles. The predicted molar refractivity (Wildman–Crippen MR) is 99.6 cm³/mol. The normalized spacial score (nSPS) is 15.8. The average Bonchev–Trinajstić information content (AvgIpc) is 3.20. The molecule has 1 atom stereocenters. The van der Waals surface area contributed by atoms with Crippen LogP contribution >= 0.6 is 0 Å². The Labute approximate surface area is 152 Å². The molecule has 1 aliphatic rings. The van der Waals surface area contributed by atoms with Crippen molar-refractivity contribution in [3.63, 3.8) is 0 Å². The zero-order chi connectivity index (χ0) is 18.3. The summed E-state index contributed by atoms with van der Waals surface area (Å²) in [5.74, 6) is 1.60. The van der Waals surface area contributed by atoms with Gasteiger partial charge >= 0.3 is 0 Å². The van der Waals surface area contributed by atoms with Gasteiger partial charge in [0.2, 0.25) is 5.89 Å². The number of anilines is 1. The van der Waals surface area contributed by atoms with Crippen molar-refractivity contribution in [2.75, 3.05) is 12.0 Å². The lowest BCUT2D eigenvalue weighted by Gasteiger charge is -2.21. The lowest BCUT2D eigenvalue weighted by molar-refractivity contribution is 0.0976. The number of ether oxygens (including phenoxy) is 1. The highest BCUT2D eigenvalue weighted by Crippen LogP contribution is 2.34. The molecule has 0 bridgehead atoms. The van der Waals surface area contributed by atoms with Crippen molar-refractivity contribution in [2.45, 2.75) is 26.3 Å². The maximum atomic E-state index is 13.2. The first kappa shape index (κ1) is 16.4. The second-order valence-corrected chi connectivity index (χ2v) is 6.51. The Morgan fingerprint density at radius 3 is 2.65 bits per heavy atom. The molecule has 0 saturated carbocycles. The molecule has 4 rings (SSSR count). The lowest BCUT2D eigenvalue weighted by atomic mass is 10.1. The standard InChI is InChI=1S/C21H20N2O3/c1-13-12-16-6-4-5-7-18(16)23(13)21(24)19-14(2)26-20(22-19)15-8-10-17(25-3)11-9-15/h4-11,13H,12H2,1-3H3. The first-order chi connectivity index (χ1) is 12.6. The van der Waals surface area contributed by atoms with Crippen LogP contribution in [0.2, 0.25) is 0 Å². The van der Waals surface area contributed by atoms with Crippen LogP contribution in [0.5, 0.6) is 5.75 Å². The summed E-state index contributed by atoms with van der Waals surface area (Å²) < 4.78 is 11.0. The average molecular weight is 348 g/mol. The minimum Gasteiger partial charge on any atom is -0.497 e. The third-order valence-corrected chi connectivity index (χ3v) is 4.76. The van der Waals surface area contributed by atoms with Crippen LogP contribution in [0.15, 0.2) is 52.9 Å². The van der Waals surface area contributed by atoms with Crippen LogP contribution in [-0.4, -0.2) is 24.0 Å². The number of aromatic nitrogens is 1. The van der Waals surface area contributed by atoms with Gasteiger partial charge in [-0.05, 0) is 56.2 Å². The fourth-order valence-corrected chi connectivity index (χ4v) is 3.44. The first-order valence-corrected chi connectivity index (χ1v) is 8.62. The van der Waals surface area contributed by atoms with E-state index in [9.17, 15) is 4.79 Å². The number of hydrogen-bond acceptors (Lipinski definition) is 4. The molecule has 1 unspecified atom stereocenters. The lowest BCUT2D eigenvalue weighted by Crippen LogP contribution is -2.36. The Hall–Kier alpha value is -3.08. The van der Waals surface area contributed by atoms with Gasteiger partial charge in [0.1, 0.15) is 11.5 Å². The molecule has 0 spiro atoms. The van der Waals surface area contributed by atoms with Crippen molar-refractivity contribution < 1.29 is 13.9 Å². The van der Waals surface area contributed by atoms with Gasteiger partial charge < -0.3 is 14.1 Å². The van der Waals surface area contributed by atoms with Crippen LogP contribution in [0.25, 0.3) is 11.5 Å². The summed E-state index contributed by atoms with van der Waals surface area (Å²) in [6.45, 7) is 3.83. The smallest absolute Gasteiger partial charge is 0.280 e. The Kier molecular flexibility index (Phi) is 3.99. The Morgan fingerprint density at radius 2 is 1.92 bits per heavy atom. The zero-order valence-corrected chi connectivity index (χ0v) is 15.0. The number of hydrogen-bond donors (Lipinski definition) is 0. The highest BCUT2D eigenvalue weighted by molar-refractivity contribution is 6.07. The molecule has 0 radical (unpaired) electrons. The van der Waals surface area contributed by atoms with E-state index in [-0.39, 0.29) is 11.9 Å². The quantitative estimate of drug-likeness (QED) is 0.710. The van der Waals surface area contributed by atoms with Gasteiger partial charge in [-0.1, -0.05) is 18.2 Å². The van der Waals surface area contributed by atoms with Gasteiger partial charge in [-0.25, -0.2) is 4.98 Å². The van der Waals surface area contributed by atoms with Gasteiger partial charge in [-0.15, -0.1) is 0 Å². The number of methoxy groups -OCH3 is 1. The van der Waals surface area contributed by atoms with Crippen molar-refractivity contribution in [3.8, 4) is 17.2 Å². The molecule has 2 heterocycles. The first-order valence-electron chi connectivity index (χ1n) is 8.62. The van der Waals surface area contributed by atoms with Crippen LogP contribution in [0.3, 0.4) is 0 Å². The largest absolute Gasteiger partial charge is 0.497 e. The number of benzene rings is 2. The number of amides is 1. The molecule has 0 N–H and O–H groups in total. The maximum Gasteiger partial charge on any atom is 0.280 e. The summed E-state index contributed by atoms with van der Waals surface area (Å²) in [5, 5.41) is 0. The summed E-state index contributed by atoms with van der Waals surface area (Å²) in [6, 6.07) is 15.5. The minimum atomic E-state index is -0.122. The van der Waals surface area contributed by atoms with E-state index in [1.165, 1.54) is 5.56 Å². The van der Waals surface area contributed by atoms with Crippen molar-refractivity contribution in [3.05, 3.63) is 65.5 Å². The highest BCUT2D eigenvalue weighted by atomic mass is 16.5. The number of rotatable bonds is 3. The molecular weight excluding hydrogens is 328 g/mol. The molecule has 132 valence electrons. The number of carbonyl (C=O) groups is 1. The summed E-state index contributed by atoms with van der Waals surface area (Å²) >= 11 is 0. The van der Waals surface area contributed by atoms with Crippen LogP contribution in [0.1, 0.15) is 28.7 Å². The molecular formula is C21H20N2O3. The summed E-state index contributed by atoms with van der Waals surface area (Å²) in [5.41, 5.74) is 3.31. The van der Waals surface area contributed by atoms with Gasteiger partial charge in [0, 0.05) is 17.3 Å². The van der Waals surface area contributed by atoms with Crippen molar-refractivity contribution >= 4 is 11.6 Å². The van der Waals surface area contributed by atoms with Gasteiger partial charge in [0.05, 0.1) is 7.11 Å². The molecule has 0 saturated heterocycles. The summed E-state index contributed by atoms with van der Waals surface area (Å²) in [7, 11) is 1.62. The molecule has 0 aliphatic carbocycles. The topological polar surface area (TPSA) is 55.6 Å². The number of aryl methyl sites for hydroxylation is 1. The second-order valence-electron chi connectivity index (χ2n) is 6.51. The molecule has 5 heteroatoms. The van der Waals surface area contributed by atoms with Crippen molar-refractivity contribution in [1.29, 1.82) is 0 Å². The third-order valence-electron chi connectivity index (χ3n) is 4.76. The molecule has 5 nitrogen and oxygen atoms in total. The minimum absolute atomic E-state index is 0.0976. The van der Waals surface area contributed by atoms with E-state index in [4.69, 9.17) is 9.15 Å². The predicted octanol–water partition coefficient (Wildman–Crippen LogP) is 4.25.